The van der Waals surface area contributed by atoms with E-state index in [1.54, 1.807) is 0 Å². The number of amides is 1. The summed E-state index contributed by atoms with van der Waals surface area (Å²) in [5.74, 6) is 1.12. The number of nitrogens with zero attached hydrogens (tertiary/aromatic N) is 2. The van der Waals surface area contributed by atoms with Gasteiger partial charge in [0.25, 0.3) is 5.91 Å². The van der Waals surface area contributed by atoms with E-state index in [0.29, 0.717) is 18.7 Å². The summed E-state index contributed by atoms with van der Waals surface area (Å²) in [7, 11) is 0. The maximum atomic E-state index is 12.2. The summed E-state index contributed by atoms with van der Waals surface area (Å²) in [6, 6.07) is 5.67. The lowest BCUT2D eigenvalue weighted by atomic mass is 9.97. The Kier molecular flexibility index (Phi) is 3.56. The highest BCUT2D eigenvalue weighted by molar-refractivity contribution is 6.06. The van der Waals surface area contributed by atoms with Gasteiger partial charge < -0.3 is 9.88 Å². The molecule has 0 spiro atoms. The zero-order valence-electron chi connectivity index (χ0n) is 13.6. The van der Waals surface area contributed by atoms with E-state index < -0.39 is 0 Å². The van der Waals surface area contributed by atoms with Crippen molar-refractivity contribution in [3.05, 3.63) is 47.3 Å². The highest BCUT2D eigenvalue weighted by Crippen LogP contribution is 2.31. The smallest absolute Gasteiger partial charge is 0.253 e. The van der Waals surface area contributed by atoms with Crippen LogP contribution in [0.25, 0.3) is 16.6 Å². The highest BCUT2D eigenvalue weighted by atomic mass is 16.1. The fraction of sp³-hybridized carbons (Fsp3) is 0.316. The summed E-state index contributed by atoms with van der Waals surface area (Å²) in [6.45, 7) is 3.37. The largest absolute Gasteiger partial charge is 0.350 e. The van der Waals surface area contributed by atoms with Crippen LogP contribution in [0.15, 0.2) is 35.9 Å². The first-order valence-electron chi connectivity index (χ1n) is 8.33. The van der Waals surface area contributed by atoms with Gasteiger partial charge >= 0.3 is 0 Å². The number of rotatable bonds is 2. The molecule has 1 aromatic carbocycles. The van der Waals surface area contributed by atoms with E-state index in [0.717, 1.165) is 47.1 Å². The normalized spacial score (nSPS) is 20.7. The van der Waals surface area contributed by atoms with Crippen molar-refractivity contribution in [2.45, 2.75) is 26.3 Å². The van der Waals surface area contributed by atoms with Crippen molar-refractivity contribution in [2.24, 2.45) is 5.92 Å². The van der Waals surface area contributed by atoms with Gasteiger partial charge in [0.1, 0.15) is 12.1 Å². The monoisotopic (exact) mass is 321 g/mol. The number of nitrogens with one attached hydrogen (secondary N) is 1. The summed E-state index contributed by atoms with van der Waals surface area (Å²) in [5, 5.41) is 2.94. The lowest BCUT2D eigenvalue weighted by Gasteiger charge is -2.11. The standard InChI is InChI=1S/C19H19N3O2/c1-12-5-6-13(7-8-14(12)11-23)18-21-16-4-2-3-15-17(16)22(18)10-9-20-19(15)24/h2-4,7-8,11-12H,5-6,9-10H2,1H3,(H,20,24). The molecule has 1 aromatic heterocycles. The Morgan fingerprint density at radius 1 is 1.33 bits per heavy atom. The molecule has 5 nitrogen and oxygen atoms in total. The van der Waals surface area contributed by atoms with Crippen LogP contribution in [-0.4, -0.2) is 28.3 Å². The third-order valence-electron chi connectivity index (χ3n) is 4.95. The third-order valence-corrected chi connectivity index (χ3v) is 4.95. The predicted molar refractivity (Wildman–Crippen MR) is 92.6 cm³/mol. The third kappa shape index (κ3) is 2.28. The van der Waals surface area contributed by atoms with Crippen LogP contribution in [0.1, 0.15) is 35.9 Å². The lowest BCUT2D eigenvalue weighted by molar-refractivity contribution is -0.105. The average molecular weight is 321 g/mol. The number of hydrogen-bond donors (Lipinski definition) is 1. The SMILES string of the molecule is CC1CCC(c2nc3cccc4c3n2CCNC4=O)=CC=C1C=O. The van der Waals surface area contributed by atoms with Crippen molar-refractivity contribution < 1.29 is 9.59 Å². The molecule has 1 aliphatic heterocycles. The quantitative estimate of drug-likeness (QED) is 0.865. The molecule has 0 saturated heterocycles. The summed E-state index contributed by atoms with van der Waals surface area (Å²) >= 11 is 0. The second kappa shape index (κ2) is 5.74. The molecule has 2 aromatic rings. The van der Waals surface area contributed by atoms with Crippen LogP contribution in [0.3, 0.4) is 0 Å². The Hall–Kier alpha value is -2.69. The van der Waals surface area contributed by atoms with E-state index in [4.69, 9.17) is 4.98 Å². The van der Waals surface area contributed by atoms with Gasteiger partial charge in [-0.25, -0.2) is 4.98 Å². The molecule has 1 amide bonds. The zero-order valence-corrected chi connectivity index (χ0v) is 13.6. The molecule has 2 heterocycles. The van der Waals surface area contributed by atoms with Crippen LogP contribution in [-0.2, 0) is 11.3 Å². The molecule has 1 N–H and O–H groups in total. The molecule has 0 saturated carbocycles. The minimum atomic E-state index is -0.0441. The van der Waals surface area contributed by atoms with Gasteiger partial charge in [0.05, 0.1) is 16.6 Å². The molecular weight excluding hydrogens is 302 g/mol. The fourth-order valence-electron chi connectivity index (χ4n) is 3.53. The summed E-state index contributed by atoms with van der Waals surface area (Å²) in [5.41, 5.74) is 4.37. The Balaban J connectivity index is 1.89. The van der Waals surface area contributed by atoms with Crippen LogP contribution in [0.2, 0.25) is 0 Å². The molecule has 1 aliphatic carbocycles. The molecule has 4 rings (SSSR count). The van der Waals surface area contributed by atoms with Gasteiger partial charge in [-0.05, 0) is 42.0 Å². The van der Waals surface area contributed by atoms with Crippen LogP contribution in [0.5, 0.6) is 0 Å². The molecule has 5 heteroatoms. The van der Waals surface area contributed by atoms with E-state index in [2.05, 4.69) is 16.8 Å². The average Bonchev–Trinajstić information content (AvgIpc) is 2.72. The number of para-hydroxylation sites is 1. The van der Waals surface area contributed by atoms with Crippen LogP contribution in [0.4, 0.5) is 0 Å². The van der Waals surface area contributed by atoms with Gasteiger partial charge in [-0.15, -0.1) is 0 Å². The number of aromatic nitrogens is 2. The number of allylic oxidation sites excluding steroid dienone is 4. The van der Waals surface area contributed by atoms with Crippen molar-refractivity contribution in [2.75, 3.05) is 6.54 Å². The molecule has 1 unspecified atom stereocenters. The molecular formula is C19H19N3O2. The number of aldehydes is 1. The van der Waals surface area contributed by atoms with Crippen molar-refractivity contribution in [3.8, 4) is 0 Å². The Morgan fingerprint density at radius 3 is 3.04 bits per heavy atom. The number of benzene rings is 1. The molecule has 0 fully saturated rings. The van der Waals surface area contributed by atoms with Crippen molar-refractivity contribution in [1.82, 2.24) is 14.9 Å². The topological polar surface area (TPSA) is 64.0 Å². The lowest BCUT2D eigenvalue weighted by Crippen LogP contribution is -2.24. The summed E-state index contributed by atoms with van der Waals surface area (Å²) in [4.78, 5) is 28.2. The molecule has 24 heavy (non-hydrogen) atoms. The first-order valence-corrected chi connectivity index (χ1v) is 8.33. The summed E-state index contributed by atoms with van der Waals surface area (Å²) < 4.78 is 2.14. The first-order chi connectivity index (χ1) is 11.7. The molecule has 0 radical (unpaired) electrons. The molecule has 0 bridgehead atoms. The zero-order chi connectivity index (χ0) is 16.7. The minimum Gasteiger partial charge on any atom is -0.350 e. The van der Waals surface area contributed by atoms with E-state index in [9.17, 15) is 9.59 Å². The maximum absolute atomic E-state index is 12.2. The number of hydrogen-bond acceptors (Lipinski definition) is 3. The minimum absolute atomic E-state index is 0.0441. The predicted octanol–water partition coefficient (Wildman–Crippen LogP) is 2.72. The highest BCUT2D eigenvalue weighted by Gasteiger charge is 2.23. The van der Waals surface area contributed by atoms with Gasteiger partial charge in [0.15, 0.2) is 0 Å². The van der Waals surface area contributed by atoms with Gasteiger partial charge in [0.2, 0.25) is 0 Å². The second-order valence-corrected chi connectivity index (χ2v) is 6.43. The first kappa shape index (κ1) is 14.9. The fourth-order valence-corrected chi connectivity index (χ4v) is 3.53. The van der Waals surface area contributed by atoms with Crippen LogP contribution >= 0.6 is 0 Å². The Labute approximate surface area is 140 Å². The Bertz CT molecular complexity index is 905. The van der Waals surface area contributed by atoms with Crippen LogP contribution in [0, 0.1) is 5.92 Å². The number of imidazole rings is 1. The van der Waals surface area contributed by atoms with E-state index in [-0.39, 0.29) is 11.8 Å². The second-order valence-electron chi connectivity index (χ2n) is 6.43. The van der Waals surface area contributed by atoms with Crippen LogP contribution < -0.4 is 5.32 Å². The number of carbonyl (C=O) groups is 2. The Morgan fingerprint density at radius 2 is 2.21 bits per heavy atom. The number of carbonyl (C=O) groups excluding carboxylic acids is 2. The van der Waals surface area contributed by atoms with Gasteiger partial charge in [-0.2, -0.15) is 0 Å². The van der Waals surface area contributed by atoms with Gasteiger partial charge in [-0.3, -0.25) is 9.59 Å². The molecule has 122 valence electrons. The van der Waals surface area contributed by atoms with E-state index in [1.165, 1.54) is 0 Å². The maximum Gasteiger partial charge on any atom is 0.253 e. The van der Waals surface area contributed by atoms with Gasteiger partial charge in [0, 0.05) is 13.1 Å². The summed E-state index contributed by atoms with van der Waals surface area (Å²) in [6.07, 6.45) is 6.66. The van der Waals surface area contributed by atoms with Crippen molar-refractivity contribution in [1.29, 1.82) is 0 Å². The van der Waals surface area contributed by atoms with E-state index in [1.807, 2.05) is 30.4 Å². The molecule has 2 aliphatic rings. The van der Waals surface area contributed by atoms with Crippen molar-refractivity contribution in [3.63, 3.8) is 0 Å². The van der Waals surface area contributed by atoms with E-state index >= 15 is 0 Å². The van der Waals surface area contributed by atoms with Gasteiger partial charge in [-0.1, -0.05) is 25.1 Å². The molecule has 1 atom stereocenters. The van der Waals surface area contributed by atoms with Crippen molar-refractivity contribution >= 4 is 28.8 Å².